The second-order valence-corrected chi connectivity index (χ2v) is 7.44. The number of benzene rings is 1. The van der Waals surface area contributed by atoms with Crippen molar-refractivity contribution in [1.82, 2.24) is 9.80 Å². The molecule has 4 rings (SSSR count). The minimum Gasteiger partial charge on any atom is -0.394 e. The molecule has 0 aliphatic carbocycles. The van der Waals surface area contributed by atoms with Crippen molar-refractivity contribution in [2.24, 2.45) is 4.99 Å². The number of hydrogen-bond acceptors (Lipinski definition) is 6. The van der Waals surface area contributed by atoms with Crippen LogP contribution in [0.5, 0.6) is 0 Å². The van der Waals surface area contributed by atoms with Crippen LogP contribution in [0.15, 0.2) is 46.4 Å². The number of fused-ring (bicyclic) bond motifs is 1. The Labute approximate surface area is 157 Å². The largest absolute Gasteiger partial charge is 0.394 e. The van der Waals surface area contributed by atoms with E-state index in [4.69, 9.17) is 4.74 Å². The summed E-state index contributed by atoms with van der Waals surface area (Å²) in [5, 5.41) is 12.8. The third-order valence-electron chi connectivity index (χ3n) is 4.99. The van der Waals surface area contributed by atoms with Gasteiger partial charge in [-0.2, -0.15) is 0 Å². The van der Waals surface area contributed by atoms with Crippen molar-refractivity contribution in [2.75, 3.05) is 32.8 Å². The number of amides is 1. The predicted molar refractivity (Wildman–Crippen MR) is 102 cm³/mol. The van der Waals surface area contributed by atoms with Crippen LogP contribution in [0.25, 0.3) is 0 Å². The fourth-order valence-electron chi connectivity index (χ4n) is 3.74. The summed E-state index contributed by atoms with van der Waals surface area (Å²) in [5.41, 5.74) is 2.02. The number of hydrogen-bond donors (Lipinski definition) is 1. The summed E-state index contributed by atoms with van der Waals surface area (Å²) >= 11 is 1.60. The monoisotopic (exact) mass is 373 g/mol. The molecule has 0 unspecified atom stereocenters. The Morgan fingerprint density at radius 3 is 2.96 bits per heavy atom. The van der Waals surface area contributed by atoms with Crippen molar-refractivity contribution in [1.29, 1.82) is 0 Å². The standard InChI is InChI=1S/C19H23N3O3S/c23-12-16-18(14-5-2-1-3-6-14)22(9-10-25-16)17(24)11-15-13-26-19-20-7-4-8-21(15)19/h1-3,5-6,13,16,18,23H,4,7-12H2/t16-,18-/m1/s1. The summed E-state index contributed by atoms with van der Waals surface area (Å²) in [4.78, 5) is 21.7. The molecular formula is C19H23N3O3S. The summed E-state index contributed by atoms with van der Waals surface area (Å²) in [5.74, 6) is 0.0688. The van der Waals surface area contributed by atoms with Gasteiger partial charge < -0.3 is 19.6 Å². The number of aliphatic hydroxyl groups excluding tert-OH is 1. The smallest absolute Gasteiger partial charge is 0.229 e. The molecule has 1 aromatic rings. The van der Waals surface area contributed by atoms with Gasteiger partial charge in [-0.3, -0.25) is 9.79 Å². The molecule has 7 heteroatoms. The topological polar surface area (TPSA) is 65.4 Å². The Morgan fingerprint density at radius 2 is 2.15 bits per heavy atom. The van der Waals surface area contributed by atoms with E-state index in [0.29, 0.717) is 19.6 Å². The van der Waals surface area contributed by atoms with Crippen LogP contribution in [0.2, 0.25) is 0 Å². The molecule has 0 radical (unpaired) electrons. The highest BCUT2D eigenvalue weighted by molar-refractivity contribution is 8.16. The zero-order valence-electron chi connectivity index (χ0n) is 14.6. The minimum absolute atomic E-state index is 0.0688. The number of rotatable bonds is 4. The molecule has 6 nitrogen and oxygen atoms in total. The third kappa shape index (κ3) is 3.39. The van der Waals surface area contributed by atoms with Gasteiger partial charge in [-0.25, -0.2) is 0 Å². The van der Waals surface area contributed by atoms with Gasteiger partial charge in [0.05, 0.1) is 25.7 Å². The molecular weight excluding hydrogens is 350 g/mol. The molecule has 1 fully saturated rings. The Bertz CT molecular complexity index is 722. The van der Waals surface area contributed by atoms with Gasteiger partial charge in [0.15, 0.2) is 5.17 Å². The lowest BCUT2D eigenvalue weighted by Gasteiger charge is -2.41. The highest BCUT2D eigenvalue weighted by Crippen LogP contribution is 2.34. The van der Waals surface area contributed by atoms with Crippen molar-refractivity contribution >= 4 is 22.8 Å². The van der Waals surface area contributed by atoms with Crippen molar-refractivity contribution in [3.8, 4) is 0 Å². The van der Waals surface area contributed by atoms with Crippen molar-refractivity contribution in [3.05, 3.63) is 47.0 Å². The second-order valence-electron chi connectivity index (χ2n) is 6.61. The molecule has 138 valence electrons. The number of thioether (sulfide) groups is 1. The average molecular weight is 373 g/mol. The van der Waals surface area contributed by atoms with Crippen LogP contribution < -0.4 is 0 Å². The van der Waals surface area contributed by atoms with Gasteiger partial charge in [-0.15, -0.1) is 0 Å². The van der Waals surface area contributed by atoms with Crippen molar-refractivity contribution in [2.45, 2.75) is 25.0 Å². The molecule has 0 aromatic heterocycles. The average Bonchev–Trinajstić information content (AvgIpc) is 3.11. The number of aliphatic hydroxyl groups is 1. The van der Waals surface area contributed by atoms with Crippen LogP contribution >= 0.6 is 11.8 Å². The lowest BCUT2D eigenvalue weighted by atomic mass is 9.97. The van der Waals surface area contributed by atoms with Gasteiger partial charge in [-0.1, -0.05) is 42.1 Å². The van der Waals surface area contributed by atoms with E-state index in [1.807, 2.05) is 40.6 Å². The highest BCUT2D eigenvalue weighted by atomic mass is 32.2. The molecule has 0 bridgehead atoms. The minimum atomic E-state index is -0.394. The number of nitrogens with zero attached hydrogens (tertiary/aromatic N) is 3. The number of aliphatic imine (C=N–C) groups is 1. The second kappa shape index (κ2) is 7.82. The fraction of sp³-hybridized carbons (Fsp3) is 0.474. The van der Waals surface area contributed by atoms with Crippen LogP contribution in [0.4, 0.5) is 0 Å². The third-order valence-corrected chi connectivity index (χ3v) is 5.94. The van der Waals surface area contributed by atoms with E-state index < -0.39 is 6.10 Å². The number of morpholine rings is 1. The fourth-order valence-corrected chi connectivity index (χ4v) is 4.69. The van der Waals surface area contributed by atoms with E-state index in [1.165, 1.54) is 0 Å². The first-order valence-corrected chi connectivity index (χ1v) is 9.90. The molecule has 1 saturated heterocycles. The molecule has 1 aromatic carbocycles. The summed E-state index contributed by atoms with van der Waals surface area (Å²) < 4.78 is 5.74. The molecule has 26 heavy (non-hydrogen) atoms. The highest BCUT2D eigenvalue weighted by Gasteiger charge is 2.37. The van der Waals surface area contributed by atoms with Crippen LogP contribution in [0.1, 0.15) is 24.4 Å². The Morgan fingerprint density at radius 1 is 1.31 bits per heavy atom. The Hall–Kier alpha value is -1.83. The molecule has 2 atom stereocenters. The lowest BCUT2D eigenvalue weighted by molar-refractivity contribution is -0.149. The number of carbonyl (C=O) groups excluding carboxylic acids is 1. The van der Waals surface area contributed by atoms with Crippen molar-refractivity contribution < 1.29 is 14.6 Å². The molecule has 0 spiro atoms. The lowest BCUT2D eigenvalue weighted by Crippen LogP contribution is -2.49. The summed E-state index contributed by atoms with van der Waals surface area (Å²) in [7, 11) is 0. The van der Waals surface area contributed by atoms with Crippen LogP contribution in [0.3, 0.4) is 0 Å². The van der Waals surface area contributed by atoms with Crippen LogP contribution in [-0.4, -0.2) is 64.9 Å². The van der Waals surface area contributed by atoms with E-state index >= 15 is 0 Å². The number of carbonyl (C=O) groups is 1. The zero-order valence-corrected chi connectivity index (χ0v) is 15.4. The maximum atomic E-state index is 13.1. The molecule has 1 N–H and O–H groups in total. The van der Waals surface area contributed by atoms with E-state index in [-0.39, 0.29) is 18.6 Å². The molecule has 0 saturated carbocycles. The van der Waals surface area contributed by atoms with E-state index in [9.17, 15) is 9.90 Å². The van der Waals surface area contributed by atoms with Crippen molar-refractivity contribution in [3.63, 3.8) is 0 Å². The summed E-state index contributed by atoms with van der Waals surface area (Å²) in [6.45, 7) is 2.67. The first-order valence-electron chi connectivity index (χ1n) is 9.02. The molecule has 3 aliphatic rings. The Balaban J connectivity index is 1.53. The quantitative estimate of drug-likeness (QED) is 0.874. The first-order chi connectivity index (χ1) is 12.8. The zero-order chi connectivity index (χ0) is 17.9. The van der Waals surface area contributed by atoms with Gasteiger partial charge >= 0.3 is 0 Å². The maximum absolute atomic E-state index is 13.1. The van der Waals surface area contributed by atoms with Gasteiger partial charge in [-0.05, 0) is 17.4 Å². The maximum Gasteiger partial charge on any atom is 0.229 e. The number of amidine groups is 1. The van der Waals surface area contributed by atoms with E-state index in [2.05, 4.69) is 9.89 Å². The van der Waals surface area contributed by atoms with Gasteiger partial charge in [0.1, 0.15) is 6.10 Å². The molecule has 3 heterocycles. The van der Waals surface area contributed by atoms with Crippen LogP contribution in [-0.2, 0) is 9.53 Å². The van der Waals surface area contributed by atoms with Gasteiger partial charge in [0, 0.05) is 25.3 Å². The van der Waals surface area contributed by atoms with E-state index in [1.54, 1.807) is 11.8 Å². The van der Waals surface area contributed by atoms with Gasteiger partial charge in [0.25, 0.3) is 0 Å². The first kappa shape index (κ1) is 17.6. The Kier molecular flexibility index (Phi) is 5.28. The molecule has 1 amide bonds. The normalized spacial score (nSPS) is 25.6. The number of ether oxygens (including phenoxy) is 1. The SMILES string of the molecule is O=C(CC1=CSC2=NCCCN12)N1CCO[C@H](CO)[C@H]1c1ccccc1. The summed E-state index contributed by atoms with van der Waals surface area (Å²) in [6, 6.07) is 9.57. The summed E-state index contributed by atoms with van der Waals surface area (Å²) in [6.07, 6.45) is 0.981. The van der Waals surface area contributed by atoms with Crippen LogP contribution in [0, 0.1) is 0 Å². The van der Waals surface area contributed by atoms with Gasteiger partial charge in [0.2, 0.25) is 5.91 Å². The predicted octanol–water partition coefficient (Wildman–Crippen LogP) is 1.99. The van der Waals surface area contributed by atoms with E-state index in [0.717, 1.165) is 35.9 Å². The molecule has 3 aliphatic heterocycles.